The second-order valence-corrected chi connectivity index (χ2v) is 8.18. The number of hydrogen-bond acceptors (Lipinski definition) is 3. The number of aromatic amines is 1. The van der Waals surface area contributed by atoms with Gasteiger partial charge in [-0.05, 0) is 25.5 Å². The molecule has 1 unspecified atom stereocenters. The SMILES string of the molecule is CCCCCCCCCCCCCCCCOC(=O)NC(=O)NC(C)c1ccc[nH]1.Cl. The average molecular weight is 458 g/mol. The number of H-pyrrole nitrogens is 1. The number of ether oxygens (including phenoxy) is 1. The van der Waals surface area contributed by atoms with E-state index in [0.29, 0.717) is 6.61 Å². The Balaban J connectivity index is 0.00000900. The van der Waals surface area contributed by atoms with E-state index in [-0.39, 0.29) is 18.4 Å². The molecule has 0 saturated carbocycles. The Hall–Kier alpha value is -1.69. The Morgan fingerprint density at radius 1 is 0.903 bits per heavy atom. The van der Waals surface area contributed by atoms with E-state index in [0.717, 1.165) is 18.5 Å². The monoisotopic (exact) mass is 457 g/mol. The van der Waals surface area contributed by atoms with Crippen molar-refractivity contribution in [3.05, 3.63) is 24.0 Å². The fourth-order valence-corrected chi connectivity index (χ4v) is 3.51. The second-order valence-electron chi connectivity index (χ2n) is 8.18. The summed E-state index contributed by atoms with van der Waals surface area (Å²) in [6, 6.07) is 2.97. The van der Waals surface area contributed by atoms with E-state index in [4.69, 9.17) is 4.74 Å². The third-order valence-electron chi connectivity index (χ3n) is 5.38. The highest BCUT2D eigenvalue weighted by Crippen LogP contribution is 2.13. The van der Waals surface area contributed by atoms with Crippen LogP contribution in [0.1, 0.15) is 115 Å². The lowest BCUT2D eigenvalue weighted by Gasteiger charge is -2.13. The molecule has 0 aliphatic rings. The van der Waals surface area contributed by atoms with Crippen molar-refractivity contribution >= 4 is 24.5 Å². The molecule has 0 radical (unpaired) electrons. The number of unbranched alkanes of at least 4 members (excludes halogenated alkanes) is 13. The Morgan fingerprint density at radius 3 is 1.90 bits per heavy atom. The summed E-state index contributed by atoms with van der Waals surface area (Å²) in [7, 11) is 0. The summed E-state index contributed by atoms with van der Waals surface area (Å²) in [5.74, 6) is 0. The summed E-state index contributed by atoms with van der Waals surface area (Å²) in [6.45, 7) is 4.45. The standard InChI is InChI=1S/C24H43N3O3.ClH/c1-3-4-5-6-7-8-9-10-11-12-13-14-15-16-20-30-24(29)27-23(28)26-21(2)22-18-17-19-25-22;/h17-19,21,25H,3-16,20H2,1-2H3,(H2,26,27,28,29);1H. The number of carbonyl (C=O) groups is 2. The van der Waals surface area contributed by atoms with Crippen LogP contribution in [0.15, 0.2) is 18.3 Å². The summed E-state index contributed by atoms with van der Waals surface area (Å²) >= 11 is 0. The van der Waals surface area contributed by atoms with Crippen molar-refractivity contribution in [2.24, 2.45) is 0 Å². The number of hydrogen-bond donors (Lipinski definition) is 3. The first-order valence-corrected chi connectivity index (χ1v) is 12.0. The molecule has 0 aliphatic heterocycles. The molecule has 3 N–H and O–H groups in total. The van der Waals surface area contributed by atoms with Crippen molar-refractivity contribution in [3.63, 3.8) is 0 Å². The van der Waals surface area contributed by atoms with E-state index < -0.39 is 12.1 Å². The largest absolute Gasteiger partial charge is 0.449 e. The van der Waals surface area contributed by atoms with E-state index in [1.165, 1.54) is 77.0 Å². The fraction of sp³-hybridized carbons (Fsp3) is 0.750. The minimum Gasteiger partial charge on any atom is -0.449 e. The number of amides is 3. The highest BCUT2D eigenvalue weighted by Gasteiger charge is 2.13. The smallest absolute Gasteiger partial charge is 0.415 e. The van der Waals surface area contributed by atoms with Crippen LogP contribution in [0.25, 0.3) is 0 Å². The molecule has 1 aromatic rings. The zero-order chi connectivity index (χ0) is 21.9. The lowest BCUT2D eigenvalue weighted by atomic mass is 10.0. The predicted octanol–water partition coefficient (Wildman–Crippen LogP) is 7.41. The maximum atomic E-state index is 11.8. The van der Waals surface area contributed by atoms with E-state index in [1.54, 1.807) is 6.20 Å². The molecule has 1 aromatic heterocycles. The molecule has 1 rings (SSSR count). The lowest BCUT2D eigenvalue weighted by molar-refractivity contribution is 0.144. The minimum atomic E-state index is -0.694. The van der Waals surface area contributed by atoms with Gasteiger partial charge >= 0.3 is 12.1 Å². The Bertz CT molecular complexity index is 552. The summed E-state index contributed by atoms with van der Waals surface area (Å²) in [5, 5.41) is 4.88. The van der Waals surface area contributed by atoms with Crippen molar-refractivity contribution in [2.45, 2.75) is 110 Å². The summed E-state index contributed by atoms with van der Waals surface area (Å²) in [4.78, 5) is 26.5. The fourth-order valence-electron chi connectivity index (χ4n) is 3.51. The molecule has 0 fully saturated rings. The highest BCUT2D eigenvalue weighted by atomic mass is 35.5. The number of rotatable bonds is 17. The van der Waals surface area contributed by atoms with E-state index in [2.05, 4.69) is 22.5 Å². The van der Waals surface area contributed by atoms with Gasteiger partial charge in [0.1, 0.15) is 0 Å². The van der Waals surface area contributed by atoms with Crippen LogP contribution in [0.2, 0.25) is 0 Å². The number of halogens is 1. The van der Waals surface area contributed by atoms with Crippen LogP contribution >= 0.6 is 12.4 Å². The quantitative estimate of drug-likeness (QED) is 0.213. The molecule has 31 heavy (non-hydrogen) atoms. The maximum absolute atomic E-state index is 11.8. The van der Waals surface area contributed by atoms with Crippen LogP contribution in [-0.2, 0) is 4.74 Å². The highest BCUT2D eigenvalue weighted by molar-refractivity contribution is 5.90. The summed E-state index contributed by atoms with van der Waals surface area (Å²) in [5.41, 5.74) is 0.876. The van der Waals surface area contributed by atoms with Gasteiger partial charge in [-0.15, -0.1) is 12.4 Å². The van der Waals surface area contributed by atoms with Gasteiger partial charge in [-0.25, -0.2) is 14.9 Å². The Kier molecular flexibility index (Phi) is 19.1. The van der Waals surface area contributed by atoms with Crippen molar-refractivity contribution in [2.75, 3.05) is 6.61 Å². The molecule has 7 heteroatoms. The van der Waals surface area contributed by atoms with Gasteiger partial charge in [0, 0.05) is 11.9 Å². The molecular formula is C24H44ClN3O3. The molecule has 0 bridgehead atoms. The number of aromatic nitrogens is 1. The zero-order valence-corrected chi connectivity index (χ0v) is 20.4. The molecule has 0 spiro atoms. The molecule has 0 aromatic carbocycles. The summed E-state index contributed by atoms with van der Waals surface area (Å²) in [6.07, 6.45) is 19.1. The van der Waals surface area contributed by atoms with Crippen molar-refractivity contribution in [1.29, 1.82) is 0 Å². The predicted molar refractivity (Wildman–Crippen MR) is 130 cm³/mol. The molecule has 0 saturated heterocycles. The van der Waals surface area contributed by atoms with Gasteiger partial charge in [-0.3, -0.25) is 0 Å². The molecule has 1 heterocycles. The van der Waals surface area contributed by atoms with Crippen LogP contribution in [-0.4, -0.2) is 23.7 Å². The molecular weight excluding hydrogens is 414 g/mol. The lowest BCUT2D eigenvalue weighted by Crippen LogP contribution is -2.41. The van der Waals surface area contributed by atoms with Gasteiger partial charge in [-0.1, -0.05) is 90.4 Å². The van der Waals surface area contributed by atoms with Gasteiger partial charge in [-0.2, -0.15) is 0 Å². The molecule has 180 valence electrons. The number of urea groups is 1. The first kappa shape index (κ1) is 29.3. The van der Waals surface area contributed by atoms with Crippen molar-refractivity contribution < 1.29 is 14.3 Å². The van der Waals surface area contributed by atoms with Gasteiger partial charge in [0.05, 0.1) is 12.6 Å². The van der Waals surface area contributed by atoms with Crippen LogP contribution in [0, 0.1) is 0 Å². The number of alkyl carbamates (subject to hydrolysis) is 1. The summed E-state index contributed by atoms with van der Waals surface area (Å²) < 4.78 is 5.07. The first-order chi connectivity index (χ1) is 14.6. The number of imide groups is 1. The van der Waals surface area contributed by atoms with Crippen LogP contribution in [0.3, 0.4) is 0 Å². The van der Waals surface area contributed by atoms with E-state index in [1.807, 2.05) is 19.1 Å². The van der Waals surface area contributed by atoms with Gasteiger partial charge in [0.15, 0.2) is 0 Å². The van der Waals surface area contributed by atoms with Crippen molar-refractivity contribution in [3.8, 4) is 0 Å². The first-order valence-electron chi connectivity index (χ1n) is 12.0. The average Bonchev–Trinajstić information content (AvgIpc) is 3.26. The normalized spacial score (nSPS) is 11.4. The van der Waals surface area contributed by atoms with E-state index >= 15 is 0 Å². The minimum absolute atomic E-state index is 0. The topological polar surface area (TPSA) is 83.2 Å². The third kappa shape index (κ3) is 16.6. The Labute approximate surface area is 195 Å². The van der Waals surface area contributed by atoms with Gasteiger partial charge in [0.2, 0.25) is 0 Å². The van der Waals surface area contributed by atoms with Crippen molar-refractivity contribution in [1.82, 2.24) is 15.6 Å². The zero-order valence-electron chi connectivity index (χ0n) is 19.5. The van der Waals surface area contributed by atoms with Crippen LogP contribution in [0.5, 0.6) is 0 Å². The molecule has 0 aliphatic carbocycles. The third-order valence-corrected chi connectivity index (χ3v) is 5.38. The van der Waals surface area contributed by atoms with Crippen LogP contribution in [0.4, 0.5) is 9.59 Å². The van der Waals surface area contributed by atoms with Gasteiger partial charge < -0.3 is 15.0 Å². The Morgan fingerprint density at radius 2 is 1.42 bits per heavy atom. The molecule has 1 atom stereocenters. The van der Waals surface area contributed by atoms with Gasteiger partial charge in [0.25, 0.3) is 0 Å². The molecule has 3 amide bonds. The molecule has 6 nitrogen and oxygen atoms in total. The maximum Gasteiger partial charge on any atom is 0.415 e. The number of nitrogens with one attached hydrogen (secondary N) is 3. The second kappa shape index (κ2) is 20.2. The van der Waals surface area contributed by atoms with Crippen LogP contribution < -0.4 is 10.6 Å². The number of carbonyl (C=O) groups excluding carboxylic acids is 2. The van der Waals surface area contributed by atoms with E-state index in [9.17, 15) is 9.59 Å².